The van der Waals surface area contributed by atoms with E-state index in [4.69, 9.17) is 4.55 Å². The van der Waals surface area contributed by atoms with Gasteiger partial charge < -0.3 is 10.6 Å². The molecule has 6 nitrogen and oxygen atoms in total. The van der Waals surface area contributed by atoms with Gasteiger partial charge in [-0.15, -0.1) is 0 Å². The quantitative estimate of drug-likeness (QED) is 0.715. The van der Waals surface area contributed by atoms with Gasteiger partial charge in [0, 0.05) is 11.7 Å². The number of rotatable bonds is 3. The van der Waals surface area contributed by atoms with Crippen LogP contribution in [0.5, 0.6) is 0 Å². The molecule has 0 aliphatic rings. The first-order valence-corrected chi connectivity index (χ1v) is 6.38. The van der Waals surface area contributed by atoms with E-state index in [0.717, 1.165) is 0 Å². The lowest BCUT2D eigenvalue weighted by molar-refractivity contribution is 0.250. The van der Waals surface area contributed by atoms with Crippen LogP contribution in [0.15, 0.2) is 29.2 Å². The summed E-state index contributed by atoms with van der Waals surface area (Å²) in [6.07, 6.45) is 0. The Bertz CT molecular complexity index is 511. The maximum absolute atomic E-state index is 11.3. The molecule has 1 rings (SSSR count). The molecule has 1 aromatic rings. The van der Waals surface area contributed by atoms with Crippen molar-refractivity contribution < 1.29 is 17.8 Å². The Labute approximate surface area is 99.8 Å². The molecular formula is C10H14N2O4S. The Balaban J connectivity index is 2.83. The molecule has 0 fully saturated rings. The van der Waals surface area contributed by atoms with E-state index >= 15 is 0 Å². The predicted molar refractivity (Wildman–Crippen MR) is 63.5 cm³/mol. The summed E-state index contributed by atoms with van der Waals surface area (Å²) in [6.45, 7) is 3.60. The summed E-state index contributed by atoms with van der Waals surface area (Å²) in [4.78, 5) is 11.1. The van der Waals surface area contributed by atoms with Crippen molar-refractivity contribution in [2.24, 2.45) is 0 Å². The standard InChI is InChI=1S/C10H14N2O4S/c1-7(2)11-10(13)12-8-4-3-5-9(6-8)17(14,15)16/h3-7H,1-2H3,(H2,11,12,13)(H,14,15,16). The second-order valence-electron chi connectivity index (χ2n) is 3.76. The van der Waals surface area contributed by atoms with Crippen LogP contribution >= 0.6 is 0 Å². The molecule has 7 heteroatoms. The highest BCUT2D eigenvalue weighted by molar-refractivity contribution is 7.85. The molecule has 0 aliphatic heterocycles. The molecule has 0 spiro atoms. The molecule has 0 saturated heterocycles. The highest BCUT2D eigenvalue weighted by atomic mass is 32.2. The number of benzene rings is 1. The normalized spacial score (nSPS) is 11.3. The lowest BCUT2D eigenvalue weighted by atomic mass is 10.3. The van der Waals surface area contributed by atoms with Gasteiger partial charge in [-0.1, -0.05) is 6.07 Å². The summed E-state index contributed by atoms with van der Waals surface area (Å²) in [5.74, 6) is 0. The first kappa shape index (κ1) is 13.5. The summed E-state index contributed by atoms with van der Waals surface area (Å²) >= 11 is 0. The number of hydrogen-bond donors (Lipinski definition) is 3. The second-order valence-corrected chi connectivity index (χ2v) is 5.18. The van der Waals surface area contributed by atoms with E-state index in [-0.39, 0.29) is 10.9 Å². The van der Waals surface area contributed by atoms with Crippen molar-refractivity contribution in [2.75, 3.05) is 5.32 Å². The van der Waals surface area contributed by atoms with Gasteiger partial charge in [0.15, 0.2) is 0 Å². The minimum atomic E-state index is -4.26. The zero-order chi connectivity index (χ0) is 13.1. The molecule has 3 N–H and O–H groups in total. The fraction of sp³-hybridized carbons (Fsp3) is 0.300. The average Bonchev–Trinajstić information content (AvgIpc) is 2.15. The zero-order valence-corrected chi connectivity index (χ0v) is 10.3. The van der Waals surface area contributed by atoms with Gasteiger partial charge in [-0.05, 0) is 32.0 Å². The third kappa shape index (κ3) is 4.41. The molecule has 94 valence electrons. The fourth-order valence-corrected chi connectivity index (χ4v) is 1.69. The van der Waals surface area contributed by atoms with E-state index in [2.05, 4.69) is 10.6 Å². The van der Waals surface area contributed by atoms with E-state index in [9.17, 15) is 13.2 Å². The van der Waals surface area contributed by atoms with Gasteiger partial charge in [-0.3, -0.25) is 4.55 Å². The summed E-state index contributed by atoms with van der Waals surface area (Å²) in [6, 6.07) is 4.89. The molecule has 0 unspecified atom stereocenters. The number of amides is 2. The van der Waals surface area contributed by atoms with E-state index < -0.39 is 16.1 Å². The monoisotopic (exact) mass is 258 g/mol. The zero-order valence-electron chi connectivity index (χ0n) is 9.47. The minimum absolute atomic E-state index is 0.0280. The van der Waals surface area contributed by atoms with Crippen molar-refractivity contribution in [2.45, 2.75) is 24.8 Å². The number of carbonyl (C=O) groups is 1. The summed E-state index contributed by atoms with van der Waals surface area (Å²) < 4.78 is 30.6. The molecule has 0 atom stereocenters. The highest BCUT2D eigenvalue weighted by Gasteiger charge is 2.10. The topological polar surface area (TPSA) is 95.5 Å². The SMILES string of the molecule is CC(C)NC(=O)Nc1cccc(S(=O)(=O)O)c1. The van der Waals surface area contributed by atoms with Crippen molar-refractivity contribution in [3.05, 3.63) is 24.3 Å². The number of carbonyl (C=O) groups excluding carboxylic acids is 1. The summed E-state index contributed by atoms with van der Waals surface area (Å²) in [5.41, 5.74) is 0.290. The molecule has 0 bridgehead atoms. The molecule has 1 aromatic carbocycles. The number of nitrogens with one attached hydrogen (secondary N) is 2. The van der Waals surface area contributed by atoms with Gasteiger partial charge in [0.05, 0.1) is 4.90 Å². The molecule has 2 amide bonds. The highest BCUT2D eigenvalue weighted by Crippen LogP contribution is 2.14. The smallest absolute Gasteiger partial charge is 0.319 e. The molecule has 0 aliphatic carbocycles. The maximum Gasteiger partial charge on any atom is 0.319 e. The van der Waals surface area contributed by atoms with E-state index in [1.165, 1.54) is 24.3 Å². The van der Waals surface area contributed by atoms with Crippen LogP contribution in [0.4, 0.5) is 10.5 Å². The van der Waals surface area contributed by atoms with Crippen molar-refractivity contribution in [3.8, 4) is 0 Å². The largest absolute Gasteiger partial charge is 0.336 e. The molecule has 0 heterocycles. The van der Waals surface area contributed by atoms with Crippen molar-refractivity contribution in [1.82, 2.24) is 5.32 Å². The van der Waals surface area contributed by atoms with Crippen LogP contribution in [0.3, 0.4) is 0 Å². The molecule has 17 heavy (non-hydrogen) atoms. The Kier molecular flexibility index (Phi) is 4.08. The Morgan fingerprint density at radius 2 is 2.00 bits per heavy atom. The van der Waals surface area contributed by atoms with E-state index in [0.29, 0.717) is 5.69 Å². The van der Waals surface area contributed by atoms with Crippen molar-refractivity contribution >= 4 is 21.8 Å². The lowest BCUT2D eigenvalue weighted by Crippen LogP contribution is -2.34. The van der Waals surface area contributed by atoms with Gasteiger partial charge in [-0.2, -0.15) is 8.42 Å². The predicted octanol–water partition coefficient (Wildman–Crippen LogP) is 1.46. The van der Waals surface area contributed by atoms with Gasteiger partial charge in [0.2, 0.25) is 0 Å². The van der Waals surface area contributed by atoms with Crippen LogP contribution in [-0.2, 0) is 10.1 Å². The summed E-state index contributed by atoms with van der Waals surface area (Å²) in [5, 5.41) is 5.05. The first-order chi connectivity index (χ1) is 7.79. The van der Waals surface area contributed by atoms with Gasteiger partial charge in [0.1, 0.15) is 0 Å². The van der Waals surface area contributed by atoms with Crippen LogP contribution in [0.25, 0.3) is 0 Å². The van der Waals surface area contributed by atoms with Crippen LogP contribution in [0.2, 0.25) is 0 Å². The molecule has 0 saturated carbocycles. The third-order valence-corrected chi connectivity index (χ3v) is 2.66. The van der Waals surface area contributed by atoms with Gasteiger partial charge in [-0.25, -0.2) is 4.79 Å². The van der Waals surface area contributed by atoms with Crippen LogP contribution < -0.4 is 10.6 Å². The first-order valence-electron chi connectivity index (χ1n) is 4.94. The number of hydrogen-bond acceptors (Lipinski definition) is 3. The number of anilines is 1. The Morgan fingerprint density at radius 3 is 2.53 bits per heavy atom. The molecule has 0 radical (unpaired) electrons. The third-order valence-electron chi connectivity index (χ3n) is 1.81. The van der Waals surface area contributed by atoms with Crippen molar-refractivity contribution in [3.63, 3.8) is 0 Å². The average molecular weight is 258 g/mol. The van der Waals surface area contributed by atoms with Gasteiger partial charge >= 0.3 is 6.03 Å². The number of urea groups is 1. The minimum Gasteiger partial charge on any atom is -0.336 e. The van der Waals surface area contributed by atoms with Gasteiger partial charge in [0.25, 0.3) is 10.1 Å². The van der Waals surface area contributed by atoms with E-state index in [1.54, 1.807) is 13.8 Å². The van der Waals surface area contributed by atoms with Crippen molar-refractivity contribution in [1.29, 1.82) is 0 Å². The summed E-state index contributed by atoms with van der Waals surface area (Å²) in [7, 11) is -4.26. The van der Waals surface area contributed by atoms with Crippen LogP contribution in [-0.4, -0.2) is 25.0 Å². The molecular weight excluding hydrogens is 244 g/mol. The van der Waals surface area contributed by atoms with Crippen LogP contribution in [0, 0.1) is 0 Å². The fourth-order valence-electron chi connectivity index (χ4n) is 1.16. The second kappa shape index (κ2) is 5.15. The van der Waals surface area contributed by atoms with Crippen LogP contribution in [0.1, 0.15) is 13.8 Å². The Hall–Kier alpha value is -1.60. The Morgan fingerprint density at radius 1 is 1.35 bits per heavy atom. The maximum atomic E-state index is 11.3. The van der Waals surface area contributed by atoms with E-state index in [1.807, 2.05) is 0 Å². The lowest BCUT2D eigenvalue weighted by Gasteiger charge is -2.10. The molecule has 0 aromatic heterocycles.